The SMILES string of the molecule is CCCCCCCCSC(=S)N(CCCC)CCCC. The third-order valence-electron chi connectivity index (χ3n) is 3.54. The Hall–Kier alpha value is 0.240. The van der Waals surface area contributed by atoms with Crippen molar-refractivity contribution in [2.24, 2.45) is 0 Å². The van der Waals surface area contributed by atoms with E-state index in [-0.39, 0.29) is 0 Å². The molecule has 0 rings (SSSR count). The molecule has 0 heterocycles. The average Bonchev–Trinajstić information content (AvgIpc) is 2.46. The van der Waals surface area contributed by atoms with Crippen LogP contribution in [0.3, 0.4) is 0 Å². The first-order valence-electron chi connectivity index (χ1n) is 8.67. The van der Waals surface area contributed by atoms with Crippen LogP contribution >= 0.6 is 24.0 Å². The molecule has 0 spiro atoms. The molecule has 0 radical (unpaired) electrons. The molecule has 120 valence electrons. The standard InChI is InChI=1S/C17H35NS2/c1-4-7-10-11-12-13-16-20-17(19)18(14-8-5-2)15-9-6-3/h4-16H2,1-3H3. The highest BCUT2D eigenvalue weighted by Crippen LogP contribution is 2.15. The molecule has 0 aliphatic heterocycles. The van der Waals surface area contributed by atoms with E-state index >= 15 is 0 Å². The van der Waals surface area contributed by atoms with Crippen molar-refractivity contribution in [3.05, 3.63) is 0 Å². The number of hydrogen-bond acceptors (Lipinski definition) is 2. The topological polar surface area (TPSA) is 3.24 Å². The summed E-state index contributed by atoms with van der Waals surface area (Å²) in [5.41, 5.74) is 0. The van der Waals surface area contributed by atoms with E-state index in [1.807, 2.05) is 11.8 Å². The van der Waals surface area contributed by atoms with E-state index in [1.54, 1.807) is 0 Å². The van der Waals surface area contributed by atoms with E-state index in [4.69, 9.17) is 12.2 Å². The maximum atomic E-state index is 5.61. The lowest BCUT2D eigenvalue weighted by molar-refractivity contribution is 0.410. The maximum absolute atomic E-state index is 5.61. The van der Waals surface area contributed by atoms with Crippen molar-refractivity contribution in [1.82, 2.24) is 4.90 Å². The van der Waals surface area contributed by atoms with Crippen LogP contribution in [-0.2, 0) is 0 Å². The van der Waals surface area contributed by atoms with Crippen molar-refractivity contribution in [3.63, 3.8) is 0 Å². The summed E-state index contributed by atoms with van der Waals surface area (Å²) in [7, 11) is 0. The molecule has 0 aromatic heterocycles. The van der Waals surface area contributed by atoms with Crippen LogP contribution in [0.5, 0.6) is 0 Å². The summed E-state index contributed by atoms with van der Waals surface area (Å²) in [6, 6.07) is 0. The predicted molar refractivity (Wildman–Crippen MR) is 99.8 cm³/mol. The number of hydrogen-bond donors (Lipinski definition) is 0. The quantitative estimate of drug-likeness (QED) is 0.291. The van der Waals surface area contributed by atoms with Gasteiger partial charge in [-0.1, -0.05) is 89.7 Å². The van der Waals surface area contributed by atoms with Crippen molar-refractivity contribution in [3.8, 4) is 0 Å². The fourth-order valence-corrected chi connectivity index (χ4v) is 3.45. The summed E-state index contributed by atoms with van der Waals surface area (Å²) in [5.74, 6) is 1.21. The fourth-order valence-electron chi connectivity index (χ4n) is 2.13. The van der Waals surface area contributed by atoms with Gasteiger partial charge in [0.15, 0.2) is 0 Å². The van der Waals surface area contributed by atoms with Crippen molar-refractivity contribution >= 4 is 28.3 Å². The van der Waals surface area contributed by atoms with Gasteiger partial charge in [0, 0.05) is 18.8 Å². The Morgan fingerprint density at radius 3 is 1.80 bits per heavy atom. The Labute approximate surface area is 137 Å². The summed E-state index contributed by atoms with van der Waals surface area (Å²) in [6.07, 6.45) is 13.3. The van der Waals surface area contributed by atoms with Crippen LogP contribution in [0.1, 0.15) is 85.0 Å². The highest BCUT2D eigenvalue weighted by Gasteiger charge is 2.08. The molecular formula is C17H35NS2. The van der Waals surface area contributed by atoms with Crippen LogP contribution in [0.4, 0.5) is 0 Å². The molecule has 0 aliphatic carbocycles. The van der Waals surface area contributed by atoms with Gasteiger partial charge in [0.25, 0.3) is 0 Å². The van der Waals surface area contributed by atoms with E-state index in [2.05, 4.69) is 25.7 Å². The summed E-state index contributed by atoms with van der Waals surface area (Å²) in [5, 5.41) is 0. The molecule has 1 nitrogen and oxygen atoms in total. The van der Waals surface area contributed by atoms with Crippen LogP contribution < -0.4 is 0 Å². The van der Waals surface area contributed by atoms with Gasteiger partial charge in [-0.15, -0.1) is 0 Å². The number of thiocarbonyl (C=S) groups is 1. The second kappa shape index (κ2) is 15.6. The van der Waals surface area contributed by atoms with E-state index < -0.39 is 0 Å². The van der Waals surface area contributed by atoms with Crippen LogP contribution in [0.25, 0.3) is 0 Å². The Balaban J connectivity index is 3.71. The van der Waals surface area contributed by atoms with Gasteiger partial charge in [-0.05, 0) is 19.3 Å². The van der Waals surface area contributed by atoms with Crippen LogP contribution in [-0.4, -0.2) is 28.1 Å². The highest BCUT2D eigenvalue weighted by atomic mass is 32.2. The van der Waals surface area contributed by atoms with Gasteiger partial charge in [0.2, 0.25) is 0 Å². The number of unbranched alkanes of at least 4 members (excludes halogenated alkanes) is 7. The molecular weight excluding hydrogens is 282 g/mol. The normalized spacial score (nSPS) is 10.8. The highest BCUT2D eigenvalue weighted by molar-refractivity contribution is 8.22. The lowest BCUT2D eigenvalue weighted by Gasteiger charge is -2.24. The number of nitrogens with zero attached hydrogens (tertiary/aromatic N) is 1. The molecule has 0 aromatic carbocycles. The molecule has 3 heteroatoms. The summed E-state index contributed by atoms with van der Waals surface area (Å²) in [6.45, 7) is 9.09. The van der Waals surface area contributed by atoms with Gasteiger partial charge in [0.05, 0.1) is 0 Å². The average molecular weight is 318 g/mol. The molecule has 0 fully saturated rings. The zero-order valence-electron chi connectivity index (χ0n) is 14.0. The molecule has 0 atom stereocenters. The van der Waals surface area contributed by atoms with E-state index in [0.717, 1.165) is 17.4 Å². The molecule has 0 bridgehead atoms. The summed E-state index contributed by atoms with van der Waals surface area (Å²) < 4.78 is 1.14. The fraction of sp³-hybridized carbons (Fsp3) is 0.941. The first-order valence-corrected chi connectivity index (χ1v) is 10.1. The Kier molecular flexibility index (Phi) is 15.8. The van der Waals surface area contributed by atoms with Crippen molar-refractivity contribution in [1.29, 1.82) is 0 Å². The van der Waals surface area contributed by atoms with E-state index in [9.17, 15) is 0 Å². The zero-order valence-corrected chi connectivity index (χ0v) is 15.6. The molecule has 0 saturated carbocycles. The number of thioether (sulfide) groups is 1. The van der Waals surface area contributed by atoms with Crippen molar-refractivity contribution < 1.29 is 0 Å². The number of rotatable bonds is 13. The minimum absolute atomic E-state index is 1.14. The first-order chi connectivity index (χ1) is 9.76. The van der Waals surface area contributed by atoms with Gasteiger partial charge in [-0.3, -0.25) is 0 Å². The minimum atomic E-state index is 1.14. The van der Waals surface area contributed by atoms with E-state index in [1.165, 1.54) is 70.0 Å². The van der Waals surface area contributed by atoms with Gasteiger partial charge < -0.3 is 4.90 Å². The lowest BCUT2D eigenvalue weighted by atomic mass is 10.1. The van der Waals surface area contributed by atoms with E-state index in [0.29, 0.717) is 0 Å². The zero-order chi connectivity index (χ0) is 15.1. The first kappa shape index (κ1) is 20.2. The van der Waals surface area contributed by atoms with Crippen molar-refractivity contribution in [2.75, 3.05) is 18.8 Å². The third-order valence-corrected chi connectivity index (χ3v) is 5.15. The van der Waals surface area contributed by atoms with Crippen molar-refractivity contribution in [2.45, 2.75) is 85.0 Å². The Morgan fingerprint density at radius 2 is 1.25 bits per heavy atom. The van der Waals surface area contributed by atoms with Gasteiger partial charge >= 0.3 is 0 Å². The largest absolute Gasteiger partial charge is 0.358 e. The molecule has 0 aliphatic rings. The Bertz CT molecular complexity index is 211. The molecule has 0 saturated heterocycles. The smallest absolute Gasteiger partial charge is 0.136 e. The van der Waals surface area contributed by atoms with Crippen LogP contribution in [0, 0.1) is 0 Å². The lowest BCUT2D eigenvalue weighted by Crippen LogP contribution is -2.29. The molecule has 0 amide bonds. The second-order valence-electron chi connectivity index (χ2n) is 5.58. The van der Waals surface area contributed by atoms with Crippen LogP contribution in [0.2, 0.25) is 0 Å². The third kappa shape index (κ3) is 12.0. The molecule has 0 N–H and O–H groups in total. The molecule has 0 aromatic rings. The van der Waals surface area contributed by atoms with Gasteiger partial charge in [-0.2, -0.15) is 0 Å². The maximum Gasteiger partial charge on any atom is 0.136 e. The monoisotopic (exact) mass is 317 g/mol. The molecule has 0 unspecified atom stereocenters. The Morgan fingerprint density at radius 1 is 0.750 bits per heavy atom. The second-order valence-corrected chi connectivity index (χ2v) is 7.31. The van der Waals surface area contributed by atoms with Gasteiger partial charge in [0.1, 0.15) is 4.32 Å². The summed E-state index contributed by atoms with van der Waals surface area (Å²) in [4.78, 5) is 2.43. The minimum Gasteiger partial charge on any atom is -0.358 e. The van der Waals surface area contributed by atoms with Crippen LogP contribution in [0.15, 0.2) is 0 Å². The van der Waals surface area contributed by atoms with Gasteiger partial charge in [-0.25, -0.2) is 0 Å². The summed E-state index contributed by atoms with van der Waals surface area (Å²) >= 11 is 7.52. The predicted octanol–water partition coefficient (Wildman–Crippen LogP) is 6.27. The molecule has 20 heavy (non-hydrogen) atoms.